The van der Waals surface area contributed by atoms with Crippen LogP contribution in [0.5, 0.6) is 0 Å². The molecule has 0 radical (unpaired) electrons. The Kier molecular flexibility index (Phi) is 4.58. The number of morpholine rings is 1. The van der Waals surface area contributed by atoms with E-state index in [0.717, 1.165) is 37.7 Å². The molecular formula is C16H23N5O2. The summed E-state index contributed by atoms with van der Waals surface area (Å²) < 4.78 is 7.06. The minimum atomic E-state index is -0.127. The molecule has 23 heavy (non-hydrogen) atoms. The standard InChI is InChI=1S/C16H23N5O2/c1-11-8-12(2)21-15(19-11)14(10-18-21)16(22)17-9-13(3)20-4-6-23-7-5-20/h8,10,13H,4-7,9H2,1-3H3,(H,17,22)/t13-/m0/s1. The van der Waals surface area contributed by atoms with Gasteiger partial charge in [-0.2, -0.15) is 5.10 Å². The second kappa shape index (κ2) is 6.64. The van der Waals surface area contributed by atoms with Gasteiger partial charge in [-0.25, -0.2) is 9.50 Å². The molecule has 0 bridgehead atoms. The molecular weight excluding hydrogens is 294 g/mol. The number of ether oxygens (including phenoxy) is 1. The first kappa shape index (κ1) is 15.9. The molecule has 1 saturated heterocycles. The molecule has 3 rings (SSSR count). The lowest BCUT2D eigenvalue weighted by Gasteiger charge is -2.32. The fraction of sp³-hybridized carbons (Fsp3) is 0.562. The van der Waals surface area contributed by atoms with Gasteiger partial charge in [-0.05, 0) is 26.8 Å². The lowest BCUT2D eigenvalue weighted by atomic mass is 10.2. The lowest BCUT2D eigenvalue weighted by Crippen LogP contribution is -2.47. The Hall–Kier alpha value is -1.99. The molecule has 0 unspecified atom stereocenters. The van der Waals surface area contributed by atoms with E-state index in [-0.39, 0.29) is 11.9 Å². The zero-order valence-electron chi connectivity index (χ0n) is 13.9. The van der Waals surface area contributed by atoms with E-state index >= 15 is 0 Å². The second-order valence-electron chi connectivity index (χ2n) is 6.04. The maximum atomic E-state index is 12.5. The molecule has 7 nitrogen and oxygen atoms in total. The number of nitrogens with zero attached hydrogens (tertiary/aromatic N) is 4. The second-order valence-corrected chi connectivity index (χ2v) is 6.04. The predicted molar refractivity (Wildman–Crippen MR) is 86.6 cm³/mol. The van der Waals surface area contributed by atoms with Crippen molar-refractivity contribution in [3.63, 3.8) is 0 Å². The van der Waals surface area contributed by atoms with Crippen LogP contribution in [0.1, 0.15) is 28.7 Å². The highest BCUT2D eigenvalue weighted by atomic mass is 16.5. The molecule has 2 aromatic heterocycles. The third-order valence-corrected chi connectivity index (χ3v) is 4.25. The van der Waals surface area contributed by atoms with Gasteiger partial charge in [0.25, 0.3) is 5.91 Å². The summed E-state index contributed by atoms with van der Waals surface area (Å²) in [4.78, 5) is 19.3. The number of hydrogen-bond donors (Lipinski definition) is 1. The van der Waals surface area contributed by atoms with Crippen LogP contribution in [0.3, 0.4) is 0 Å². The van der Waals surface area contributed by atoms with E-state index in [0.29, 0.717) is 17.8 Å². The topological polar surface area (TPSA) is 71.8 Å². The Labute approximate surface area is 135 Å². The first-order valence-corrected chi connectivity index (χ1v) is 7.98. The Balaban J connectivity index is 1.69. The highest BCUT2D eigenvalue weighted by Crippen LogP contribution is 2.12. The zero-order valence-corrected chi connectivity index (χ0v) is 13.9. The quantitative estimate of drug-likeness (QED) is 0.903. The lowest BCUT2D eigenvalue weighted by molar-refractivity contribution is 0.0204. The zero-order chi connectivity index (χ0) is 16.4. The number of rotatable bonds is 4. The van der Waals surface area contributed by atoms with Crippen LogP contribution in [0.2, 0.25) is 0 Å². The number of nitrogens with one attached hydrogen (secondary N) is 1. The normalized spacial score (nSPS) is 17.3. The number of amides is 1. The molecule has 0 aromatic carbocycles. The Bertz CT molecular complexity index is 706. The van der Waals surface area contributed by atoms with Gasteiger partial charge in [0.05, 0.1) is 19.4 Å². The largest absolute Gasteiger partial charge is 0.379 e. The van der Waals surface area contributed by atoms with Crippen molar-refractivity contribution in [2.45, 2.75) is 26.8 Å². The van der Waals surface area contributed by atoms with Crippen LogP contribution in [0.25, 0.3) is 5.65 Å². The van der Waals surface area contributed by atoms with Crippen LogP contribution in [0, 0.1) is 13.8 Å². The maximum absolute atomic E-state index is 12.5. The van der Waals surface area contributed by atoms with E-state index < -0.39 is 0 Å². The molecule has 1 aliphatic heterocycles. The summed E-state index contributed by atoms with van der Waals surface area (Å²) in [6.07, 6.45) is 1.59. The summed E-state index contributed by atoms with van der Waals surface area (Å²) in [6, 6.07) is 2.23. The average molecular weight is 317 g/mol. The first-order valence-electron chi connectivity index (χ1n) is 7.98. The molecule has 1 aliphatic rings. The Morgan fingerprint density at radius 2 is 2.13 bits per heavy atom. The highest BCUT2D eigenvalue weighted by molar-refractivity contribution is 5.99. The fourth-order valence-electron chi connectivity index (χ4n) is 2.91. The van der Waals surface area contributed by atoms with Gasteiger partial charge in [-0.1, -0.05) is 0 Å². The molecule has 124 valence electrons. The monoisotopic (exact) mass is 317 g/mol. The highest BCUT2D eigenvalue weighted by Gasteiger charge is 2.19. The SMILES string of the molecule is Cc1cc(C)n2ncc(C(=O)NC[C@H](C)N3CCOCC3)c2n1. The fourth-order valence-corrected chi connectivity index (χ4v) is 2.91. The molecule has 1 N–H and O–H groups in total. The van der Waals surface area contributed by atoms with Crippen molar-refractivity contribution in [1.29, 1.82) is 0 Å². The minimum absolute atomic E-state index is 0.127. The smallest absolute Gasteiger partial charge is 0.256 e. The predicted octanol–water partition coefficient (Wildman–Crippen LogP) is 0.797. The van der Waals surface area contributed by atoms with Gasteiger partial charge >= 0.3 is 0 Å². The van der Waals surface area contributed by atoms with Crippen molar-refractivity contribution < 1.29 is 9.53 Å². The van der Waals surface area contributed by atoms with Gasteiger partial charge in [0.15, 0.2) is 5.65 Å². The number of carbonyl (C=O) groups excluding carboxylic acids is 1. The molecule has 1 atom stereocenters. The van der Waals surface area contributed by atoms with Crippen LogP contribution in [0.15, 0.2) is 12.3 Å². The first-order chi connectivity index (χ1) is 11.1. The van der Waals surface area contributed by atoms with E-state index in [2.05, 4.69) is 27.2 Å². The minimum Gasteiger partial charge on any atom is -0.379 e. The van der Waals surface area contributed by atoms with Gasteiger partial charge < -0.3 is 10.1 Å². The molecule has 0 saturated carbocycles. The van der Waals surface area contributed by atoms with Crippen molar-refractivity contribution in [2.75, 3.05) is 32.8 Å². The van der Waals surface area contributed by atoms with E-state index in [1.165, 1.54) is 0 Å². The van der Waals surface area contributed by atoms with Gasteiger partial charge in [-0.3, -0.25) is 9.69 Å². The summed E-state index contributed by atoms with van der Waals surface area (Å²) in [5.41, 5.74) is 2.98. The van der Waals surface area contributed by atoms with Gasteiger partial charge in [0, 0.05) is 37.1 Å². The van der Waals surface area contributed by atoms with Crippen molar-refractivity contribution in [3.05, 3.63) is 29.2 Å². The molecule has 7 heteroatoms. The molecule has 0 aliphatic carbocycles. The third kappa shape index (κ3) is 3.35. The van der Waals surface area contributed by atoms with Gasteiger partial charge in [0.2, 0.25) is 0 Å². The van der Waals surface area contributed by atoms with Gasteiger partial charge in [-0.15, -0.1) is 0 Å². The van der Waals surface area contributed by atoms with E-state index in [9.17, 15) is 4.79 Å². The molecule has 1 amide bonds. The average Bonchev–Trinajstić information content (AvgIpc) is 2.97. The summed E-state index contributed by atoms with van der Waals surface area (Å²) in [5.74, 6) is -0.127. The van der Waals surface area contributed by atoms with Crippen molar-refractivity contribution in [2.24, 2.45) is 0 Å². The summed E-state index contributed by atoms with van der Waals surface area (Å²) in [5, 5.41) is 7.26. The summed E-state index contributed by atoms with van der Waals surface area (Å²) in [6.45, 7) is 9.93. The van der Waals surface area contributed by atoms with Crippen LogP contribution in [-0.4, -0.2) is 64.3 Å². The number of aryl methyl sites for hydroxylation is 2. The number of aromatic nitrogens is 3. The van der Waals surface area contributed by atoms with Crippen molar-refractivity contribution in [3.8, 4) is 0 Å². The van der Waals surface area contributed by atoms with Crippen LogP contribution in [-0.2, 0) is 4.74 Å². The van der Waals surface area contributed by atoms with Crippen LogP contribution in [0.4, 0.5) is 0 Å². The number of hydrogen-bond acceptors (Lipinski definition) is 5. The number of fused-ring (bicyclic) bond motifs is 1. The number of carbonyl (C=O) groups is 1. The van der Waals surface area contributed by atoms with E-state index in [1.807, 2.05) is 19.9 Å². The van der Waals surface area contributed by atoms with E-state index in [1.54, 1.807) is 10.7 Å². The maximum Gasteiger partial charge on any atom is 0.256 e. The summed E-state index contributed by atoms with van der Waals surface area (Å²) in [7, 11) is 0. The summed E-state index contributed by atoms with van der Waals surface area (Å²) >= 11 is 0. The van der Waals surface area contributed by atoms with Gasteiger partial charge in [0.1, 0.15) is 5.56 Å². The molecule has 3 heterocycles. The van der Waals surface area contributed by atoms with Crippen LogP contribution < -0.4 is 5.32 Å². The van der Waals surface area contributed by atoms with Crippen molar-refractivity contribution in [1.82, 2.24) is 24.8 Å². The molecule has 0 spiro atoms. The van der Waals surface area contributed by atoms with E-state index in [4.69, 9.17) is 4.74 Å². The third-order valence-electron chi connectivity index (χ3n) is 4.25. The molecule has 1 fully saturated rings. The Morgan fingerprint density at radius 3 is 2.87 bits per heavy atom. The Morgan fingerprint density at radius 1 is 1.39 bits per heavy atom. The molecule has 2 aromatic rings. The van der Waals surface area contributed by atoms with Crippen LogP contribution >= 0.6 is 0 Å². The van der Waals surface area contributed by atoms with Crippen molar-refractivity contribution >= 4 is 11.6 Å².